The summed E-state index contributed by atoms with van der Waals surface area (Å²) in [4.78, 5) is 14.6. The van der Waals surface area contributed by atoms with Crippen molar-refractivity contribution >= 4 is 6.09 Å². The normalized spacial score (nSPS) is 11.2. The largest absolute Gasteiger partial charge is 0.573 e. The number of benzene rings is 2. The zero-order valence-electron chi connectivity index (χ0n) is 14.1. The van der Waals surface area contributed by atoms with Crippen LogP contribution in [0.15, 0.2) is 54.9 Å². The van der Waals surface area contributed by atoms with Gasteiger partial charge in [-0.1, -0.05) is 24.3 Å². The van der Waals surface area contributed by atoms with Crippen molar-refractivity contribution in [1.29, 1.82) is 0 Å². The number of carbonyl (C=O) groups is 1. The van der Waals surface area contributed by atoms with Crippen molar-refractivity contribution in [2.24, 2.45) is 0 Å². The van der Waals surface area contributed by atoms with Crippen LogP contribution in [-0.4, -0.2) is 32.3 Å². The number of nitrogens with one attached hydrogen (secondary N) is 2. The molecule has 0 aliphatic rings. The highest BCUT2D eigenvalue weighted by Gasteiger charge is 2.30. The minimum Gasteiger partial charge on any atom is -0.464 e. The van der Waals surface area contributed by atoms with Gasteiger partial charge in [-0.3, -0.25) is 5.43 Å². The molecule has 0 saturated carbocycles. The lowest BCUT2D eigenvalue weighted by Crippen LogP contribution is -2.35. The van der Waals surface area contributed by atoms with Gasteiger partial charge in [0.2, 0.25) is 0 Å². The smallest absolute Gasteiger partial charge is 0.464 e. The van der Waals surface area contributed by atoms with Crippen molar-refractivity contribution in [3.63, 3.8) is 0 Å². The van der Waals surface area contributed by atoms with E-state index in [1.54, 1.807) is 24.3 Å². The maximum Gasteiger partial charge on any atom is 0.573 e. The number of amides is 1. The lowest BCUT2D eigenvalue weighted by atomic mass is 10.1. The zero-order chi connectivity index (χ0) is 20.1. The van der Waals surface area contributed by atoms with Gasteiger partial charge in [-0.2, -0.15) is 0 Å². The van der Waals surface area contributed by atoms with Gasteiger partial charge in [-0.25, -0.2) is 19.9 Å². The number of hydrogen-bond donors (Lipinski definition) is 3. The molecule has 0 fully saturated rings. The van der Waals surface area contributed by atoms with Crippen molar-refractivity contribution in [2.75, 3.05) is 0 Å². The molecule has 0 aliphatic heterocycles. The number of halogens is 3. The van der Waals surface area contributed by atoms with Gasteiger partial charge in [0.05, 0.1) is 5.69 Å². The van der Waals surface area contributed by atoms with Crippen LogP contribution >= 0.6 is 0 Å². The number of aromatic nitrogens is 3. The monoisotopic (exact) mass is 393 g/mol. The van der Waals surface area contributed by atoms with Gasteiger partial charge in [0.15, 0.2) is 5.82 Å². The third kappa shape index (κ3) is 5.20. The van der Waals surface area contributed by atoms with Crippen LogP contribution in [-0.2, 0) is 6.54 Å². The van der Waals surface area contributed by atoms with E-state index >= 15 is 0 Å². The van der Waals surface area contributed by atoms with E-state index in [4.69, 9.17) is 5.11 Å². The Bertz CT molecular complexity index is 940. The molecule has 1 amide bonds. The van der Waals surface area contributed by atoms with Crippen LogP contribution in [0.25, 0.3) is 17.1 Å². The minimum atomic E-state index is -4.74. The van der Waals surface area contributed by atoms with Crippen LogP contribution in [0, 0.1) is 0 Å². The number of hydrazine groups is 1. The van der Waals surface area contributed by atoms with Crippen molar-refractivity contribution in [3.8, 4) is 22.8 Å². The summed E-state index contributed by atoms with van der Waals surface area (Å²) < 4.78 is 41.9. The van der Waals surface area contributed by atoms with Gasteiger partial charge in [0, 0.05) is 12.1 Å². The van der Waals surface area contributed by atoms with Gasteiger partial charge in [-0.15, -0.1) is 18.3 Å². The number of rotatable bonds is 6. The molecular formula is C17H14F3N5O3. The van der Waals surface area contributed by atoms with E-state index in [1.165, 1.54) is 35.3 Å². The summed E-state index contributed by atoms with van der Waals surface area (Å²) in [6.45, 7) is 0.306. The molecule has 3 aromatic rings. The second-order valence-corrected chi connectivity index (χ2v) is 5.54. The van der Waals surface area contributed by atoms with Crippen LogP contribution < -0.4 is 15.6 Å². The van der Waals surface area contributed by atoms with E-state index in [0.29, 0.717) is 18.1 Å². The predicted molar refractivity (Wildman–Crippen MR) is 91.5 cm³/mol. The second-order valence-electron chi connectivity index (χ2n) is 5.54. The molecule has 0 radical (unpaired) electrons. The molecule has 146 valence electrons. The lowest BCUT2D eigenvalue weighted by Gasteiger charge is -2.09. The molecule has 0 spiro atoms. The van der Waals surface area contributed by atoms with E-state index in [2.05, 4.69) is 20.2 Å². The molecule has 3 N–H and O–H groups in total. The fraction of sp³-hybridized carbons (Fsp3) is 0.118. The van der Waals surface area contributed by atoms with E-state index in [0.717, 1.165) is 11.1 Å². The van der Waals surface area contributed by atoms with Crippen molar-refractivity contribution < 1.29 is 27.8 Å². The van der Waals surface area contributed by atoms with Crippen molar-refractivity contribution in [2.45, 2.75) is 12.9 Å². The topological polar surface area (TPSA) is 101 Å². The quantitative estimate of drug-likeness (QED) is 0.557. The Labute approximate surface area is 156 Å². The molecule has 0 aliphatic carbocycles. The van der Waals surface area contributed by atoms with E-state index in [-0.39, 0.29) is 5.75 Å². The first-order valence-corrected chi connectivity index (χ1v) is 7.89. The fourth-order valence-electron chi connectivity index (χ4n) is 2.31. The second kappa shape index (κ2) is 7.96. The summed E-state index contributed by atoms with van der Waals surface area (Å²) in [5, 5.41) is 12.8. The number of nitrogens with zero attached hydrogens (tertiary/aromatic N) is 3. The third-order valence-electron chi connectivity index (χ3n) is 3.53. The molecule has 1 aromatic heterocycles. The Kier molecular flexibility index (Phi) is 5.45. The number of carboxylic acid groups (broad SMARTS) is 1. The molecular weight excluding hydrogens is 379 g/mol. The lowest BCUT2D eigenvalue weighted by molar-refractivity contribution is -0.274. The summed E-state index contributed by atoms with van der Waals surface area (Å²) in [6, 6.07) is 12.4. The van der Waals surface area contributed by atoms with Crippen LogP contribution in [0.1, 0.15) is 5.56 Å². The standard InChI is InChI=1S/C17H14F3N5O3/c18-17(19,20)28-14-7-5-13(6-8-14)25-10-21-15(24-25)12-3-1-11(2-4-12)9-22-23-16(26)27/h1-8,10,22-23H,9H2,(H,26,27). The van der Waals surface area contributed by atoms with Crippen LogP contribution in [0.2, 0.25) is 0 Å². The number of ether oxygens (including phenoxy) is 1. The molecule has 0 saturated heterocycles. The first-order chi connectivity index (χ1) is 13.3. The Morgan fingerprint density at radius 3 is 2.39 bits per heavy atom. The molecule has 11 heteroatoms. The highest BCUT2D eigenvalue weighted by atomic mass is 19.4. The van der Waals surface area contributed by atoms with Gasteiger partial charge >= 0.3 is 12.5 Å². The first kappa shape index (κ1) is 19.2. The summed E-state index contributed by atoms with van der Waals surface area (Å²) >= 11 is 0. The first-order valence-electron chi connectivity index (χ1n) is 7.89. The Morgan fingerprint density at radius 2 is 1.79 bits per heavy atom. The molecule has 0 bridgehead atoms. The van der Waals surface area contributed by atoms with Crippen molar-refractivity contribution in [1.82, 2.24) is 25.6 Å². The molecule has 0 unspecified atom stereocenters. The summed E-state index contributed by atoms with van der Waals surface area (Å²) in [6.07, 6.45) is -4.47. The zero-order valence-corrected chi connectivity index (χ0v) is 14.1. The maximum atomic E-state index is 12.2. The summed E-state index contributed by atoms with van der Waals surface area (Å²) in [7, 11) is 0. The maximum absolute atomic E-state index is 12.2. The number of alkyl halides is 3. The Morgan fingerprint density at radius 1 is 1.11 bits per heavy atom. The molecule has 0 atom stereocenters. The van der Waals surface area contributed by atoms with Crippen LogP contribution in [0.5, 0.6) is 5.75 Å². The third-order valence-corrected chi connectivity index (χ3v) is 3.53. The average molecular weight is 393 g/mol. The molecule has 1 heterocycles. The van der Waals surface area contributed by atoms with Gasteiger partial charge in [0.25, 0.3) is 0 Å². The fourth-order valence-corrected chi connectivity index (χ4v) is 2.31. The molecule has 8 nitrogen and oxygen atoms in total. The SMILES string of the molecule is O=C(O)NNCc1ccc(-c2ncn(-c3ccc(OC(F)(F)F)cc3)n2)cc1. The minimum absolute atomic E-state index is 0.306. The molecule has 28 heavy (non-hydrogen) atoms. The van der Waals surface area contributed by atoms with E-state index < -0.39 is 12.5 Å². The predicted octanol–water partition coefficient (Wildman–Crippen LogP) is 3.11. The summed E-state index contributed by atoms with van der Waals surface area (Å²) in [5.41, 5.74) is 6.68. The molecule has 3 rings (SSSR count). The highest BCUT2D eigenvalue weighted by Crippen LogP contribution is 2.24. The van der Waals surface area contributed by atoms with Gasteiger partial charge < -0.3 is 9.84 Å². The Balaban J connectivity index is 1.67. The van der Waals surface area contributed by atoms with Crippen LogP contribution in [0.4, 0.5) is 18.0 Å². The highest BCUT2D eigenvalue weighted by molar-refractivity contribution is 5.63. The summed E-state index contributed by atoms with van der Waals surface area (Å²) in [5.74, 6) is 0.108. The van der Waals surface area contributed by atoms with E-state index in [1.807, 2.05) is 5.43 Å². The number of hydrogen-bond acceptors (Lipinski definition) is 5. The van der Waals surface area contributed by atoms with E-state index in [9.17, 15) is 18.0 Å². The van der Waals surface area contributed by atoms with Gasteiger partial charge in [0.1, 0.15) is 12.1 Å². The van der Waals surface area contributed by atoms with Gasteiger partial charge in [-0.05, 0) is 29.8 Å². The van der Waals surface area contributed by atoms with Crippen LogP contribution in [0.3, 0.4) is 0 Å². The Hall–Kier alpha value is -3.60. The average Bonchev–Trinajstić information content (AvgIpc) is 3.11. The molecule has 2 aromatic carbocycles. The van der Waals surface area contributed by atoms with Crippen molar-refractivity contribution in [3.05, 3.63) is 60.4 Å².